The predicted octanol–water partition coefficient (Wildman–Crippen LogP) is 2.65. The van der Waals surface area contributed by atoms with E-state index in [1.165, 1.54) is 5.39 Å². The Morgan fingerprint density at radius 3 is 2.47 bits per heavy atom. The number of aromatic amines is 1. The summed E-state index contributed by atoms with van der Waals surface area (Å²) in [6.45, 7) is 0. The molecule has 2 N–H and O–H groups in total. The molecule has 2 nitrogen and oxygen atoms in total. The van der Waals surface area contributed by atoms with Crippen molar-refractivity contribution in [2.45, 2.75) is 0 Å². The molecule has 3 heteroatoms. The number of aromatic hydroxyl groups is 1. The van der Waals surface area contributed by atoms with E-state index in [4.69, 9.17) is 0 Å². The van der Waals surface area contributed by atoms with Crippen molar-refractivity contribution in [2.75, 3.05) is 0 Å². The number of phenolic OH excluding ortho intramolecular Hbond substituents is 1. The number of hydrogen-bond donors (Lipinski definition) is 2. The molecule has 0 atom stereocenters. The van der Waals surface area contributed by atoms with Crippen molar-refractivity contribution in [3.63, 3.8) is 0 Å². The Kier molecular flexibility index (Phi) is 3.18. The molecule has 0 saturated carbocycles. The minimum atomic E-state index is 0. The molecule has 0 bridgehead atoms. The van der Waals surface area contributed by atoms with Crippen LogP contribution in [0.3, 0.4) is 0 Å². The maximum Gasteiger partial charge on any atom is 0.117 e. The molecule has 0 unspecified atom stereocenters. The van der Waals surface area contributed by atoms with E-state index >= 15 is 0 Å². The normalized spacial score (nSPS) is 10.4. The molecule has 2 aromatic carbocycles. The van der Waals surface area contributed by atoms with E-state index in [0.29, 0.717) is 5.75 Å². The van der Waals surface area contributed by atoms with Gasteiger partial charge in [-0.05, 0) is 18.2 Å². The van der Waals surface area contributed by atoms with Crippen LogP contribution in [0.1, 0.15) is 0 Å². The molecule has 0 aliphatic rings. The summed E-state index contributed by atoms with van der Waals surface area (Å²) >= 11 is 0. The summed E-state index contributed by atoms with van der Waals surface area (Å²) in [5.41, 5.74) is 2.08. The van der Waals surface area contributed by atoms with E-state index in [1.807, 2.05) is 24.3 Å². The van der Waals surface area contributed by atoms with Gasteiger partial charge in [0.25, 0.3) is 0 Å². The largest absolute Gasteiger partial charge is 0.508 e. The van der Waals surface area contributed by atoms with Crippen LogP contribution in [0.4, 0.5) is 0 Å². The molecule has 0 fully saturated rings. The van der Waals surface area contributed by atoms with Crippen molar-refractivity contribution in [3.05, 3.63) is 42.5 Å². The average Bonchev–Trinajstić information content (AvgIpc) is 2.54. The van der Waals surface area contributed by atoms with Gasteiger partial charge in [0.05, 0.1) is 5.52 Å². The number of para-hydroxylation sites is 1. The zero-order valence-electron chi connectivity index (χ0n) is 8.49. The van der Waals surface area contributed by atoms with Crippen LogP contribution in [0.25, 0.3) is 21.8 Å². The van der Waals surface area contributed by atoms with Gasteiger partial charge < -0.3 is 10.1 Å². The van der Waals surface area contributed by atoms with E-state index in [1.54, 1.807) is 12.1 Å². The van der Waals surface area contributed by atoms with Crippen LogP contribution in [0.15, 0.2) is 42.5 Å². The Morgan fingerprint density at radius 2 is 1.60 bits per heavy atom. The molecule has 15 heavy (non-hydrogen) atoms. The summed E-state index contributed by atoms with van der Waals surface area (Å²) in [6, 6.07) is 13.5. The van der Waals surface area contributed by atoms with E-state index < -0.39 is 0 Å². The minimum absolute atomic E-state index is 0. The molecule has 0 amide bonds. The first-order valence-corrected chi connectivity index (χ1v) is 4.54. The maximum atomic E-state index is 9.34. The molecule has 1 heterocycles. The van der Waals surface area contributed by atoms with Crippen LogP contribution >= 0.6 is 0 Å². The average molecular weight is 222 g/mol. The Labute approximate surface area is 130 Å². The van der Waals surface area contributed by atoms with Gasteiger partial charge in [-0.2, -0.15) is 0 Å². The fourth-order valence-corrected chi connectivity index (χ4v) is 1.84. The second-order valence-electron chi connectivity index (χ2n) is 3.40. The smallest absolute Gasteiger partial charge is 0.117 e. The molecule has 0 aliphatic heterocycles. The number of hydrogen-bond acceptors (Lipinski definition) is 1. The Bertz CT molecular complexity index is 615. The molecular weight excluding hydrogens is 213 g/mol. The van der Waals surface area contributed by atoms with Crippen LogP contribution in [0.5, 0.6) is 5.75 Å². The van der Waals surface area contributed by atoms with E-state index in [9.17, 15) is 5.11 Å². The molecule has 3 rings (SSSR count). The summed E-state index contributed by atoms with van der Waals surface area (Å²) in [5.74, 6) is 0.295. The van der Waals surface area contributed by atoms with E-state index in [0.717, 1.165) is 16.4 Å². The SMILES string of the molecule is Oc1ccc2c(c1)[nH]c1ccccc12.[K]. The van der Waals surface area contributed by atoms with Gasteiger partial charge in [0.1, 0.15) is 5.75 Å². The van der Waals surface area contributed by atoms with Crippen LogP contribution in [0.2, 0.25) is 0 Å². The first kappa shape index (κ1) is 11.2. The minimum Gasteiger partial charge on any atom is -0.508 e. The van der Waals surface area contributed by atoms with Gasteiger partial charge in [-0.15, -0.1) is 0 Å². The molecular formula is C12H9KNO. The molecule has 0 saturated heterocycles. The zero-order valence-corrected chi connectivity index (χ0v) is 11.6. The molecule has 0 aliphatic carbocycles. The first-order chi connectivity index (χ1) is 6.84. The third-order valence-electron chi connectivity index (χ3n) is 2.49. The second-order valence-corrected chi connectivity index (χ2v) is 3.40. The monoisotopic (exact) mass is 222 g/mol. The third kappa shape index (κ3) is 1.86. The number of rotatable bonds is 0. The van der Waals surface area contributed by atoms with E-state index in [-0.39, 0.29) is 51.4 Å². The number of aromatic nitrogens is 1. The summed E-state index contributed by atoms with van der Waals surface area (Å²) in [6.07, 6.45) is 0. The van der Waals surface area contributed by atoms with Crippen molar-refractivity contribution in [1.29, 1.82) is 0 Å². The van der Waals surface area contributed by atoms with Crippen molar-refractivity contribution >= 4 is 73.2 Å². The summed E-state index contributed by atoms with van der Waals surface area (Å²) in [4.78, 5) is 3.26. The number of phenols is 1. The Hall–Kier alpha value is -0.324. The van der Waals surface area contributed by atoms with Gasteiger partial charge >= 0.3 is 0 Å². The van der Waals surface area contributed by atoms with Crippen molar-refractivity contribution < 1.29 is 5.11 Å². The number of H-pyrrole nitrogens is 1. The van der Waals surface area contributed by atoms with Crippen molar-refractivity contribution in [2.24, 2.45) is 0 Å². The number of fused-ring (bicyclic) bond motifs is 3. The van der Waals surface area contributed by atoms with Gasteiger partial charge in [-0.1, -0.05) is 18.2 Å². The van der Waals surface area contributed by atoms with Gasteiger partial charge in [-0.25, -0.2) is 0 Å². The third-order valence-corrected chi connectivity index (χ3v) is 2.49. The van der Waals surface area contributed by atoms with Crippen LogP contribution < -0.4 is 0 Å². The fraction of sp³-hybridized carbons (Fsp3) is 0. The van der Waals surface area contributed by atoms with Crippen molar-refractivity contribution in [1.82, 2.24) is 4.98 Å². The second kappa shape index (κ2) is 4.27. The standard InChI is InChI=1S/C12H9NO.K/c14-8-5-6-10-9-3-1-2-4-11(9)13-12(10)7-8;/h1-7,13-14H;. The predicted molar refractivity (Wildman–Crippen MR) is 63.2 cm³/mol. The summed E-state index contributed by atoms with van der Waals surface area (Å²) in [7, 11) is 0. The van der Waals surface area contributed by atoms with Gasteiger partial charge in [0.2, 0.25) is 0 Å². The molecule has 1 radical (unpaired) electrons. The van der Waals surface area contributed by atoms with Gasteiger partial charge in [-0.3, -0.25) is 0 Å². The van der Waals surface area contributed by atoms with Crippen LogP contribution in [-0.2, 0) is 0 Å². The summed E-state index contributed by atoms with van der Waals surface area (Å²) in [5, 5.41) is 11.7. The Balaban J connectivity index is 0.000000853. The van der Waals surface area contributed by atoms with Crippen molar-refractivity contribution in [3.8, 4) is 5.75 Å². The first-order valence-electron chi connectivity index (χ1n) is 4.54. The number of nitrogens with one attached hydrogen (secondary N) is 1. The zero-order chi connectivity index (χ0) is 9.54. The van der Waals surface area contributed by atoms with Gasteiger partial charge in [0.15, 0.2) is 0 Å². The quantitative estimate of drug-likeness (QED) is 0.564. The molecule has 3 aromatic rings. The maximum absolute atomic E-state index is 9.34. The number of benzene rings is 2. The Morgan fingerprint density at radius 1 is 0.867 bits per heavy atom. The topological polar surface area (TPSA) is 36.0 Å². The molecule has 1 aromatic heterocycles. The van der Waals surface area contributed by atoms with Crippen LogP contribution in [0, 0.1) is 0 Å². The fourth-order valence-electron chi connectivity index (χ4n) is 1.84. The summed E-state index contributed by atoms with van der Waals surface area (Å²) < 4.78 is 0. The molecule has 69 valence electrons. The van der Waals surface area contributed by atoms with Crippen LogP contribution in [-0.4, -0.2) is 61.5 Å². The van der Waals surface area contributed by atoms with E-state index in [2.05, 4.69) is 11.1 Å². The van der Waals surface area contributed by atoms with Gasteiger partial charge in [0, 0.05) is 73.7 Å². The molecule has 0 spiro atoms.